The van der Waals surface area contributed by atoms with Crippen LogP contribution in [-0.4, -0.2) is 5.11 Å². The van der Waals surface area contributed by atoms with Gasteiger partial charge >= 0.3 is 0 Å². The second kappa shape index (κ2) is 3.12. The molecule has 1 aromatic heterocycles. The summed E-state index contributed by atoms with van der Waals surface area (Å²) in [5.41, 5.74) is 7.75. The highest BCUT2D eigenvalue weighted by molar-refractivity contribution is 7.26. The number of hydrogen-bond acceptors (Lipinski definition) is 3. The van der Waals surface area contributed by atoms with Crippen molar-refractivity contribution >= 4 is 37.2 Å². The summed E-state index contributed by atoms with van der Waals surface area (Å²) in [6.07, 6.45) is 0. The summed E-state index contributed by atoms with van der Waals surface area (Å²) in [5.74, 6) is 0.319. The topological polar surface area (TPSA) is 46.2 Å². The van der Waals surface area contributed by atoms with E-state index in [9.17, 15) is 5.11 Å². The molecule has 3 heteroatoms. The van der Waals surface area contributed by atoms with E-state index < -0.39 is 0 Å². The number of phenols is 1. The van der Waals surface area contributed by atoms with Gasteiger partial charge in [-0.2, -0.15) is 0 Å². The number of fused-ring (bicyclic) bond motifs is 3. The minimum Gasteiger partial charge on any atom is -0.507 e. The van der Waals surface area contributed by atoms with Crippen LogP contribution in [0, 0.1) is 6.92 Å². The van der Waals surface area contributed by atoms with Crippen molar-refractivity contribution in [3.63, 3.8) is 0 Å². The molecule has 0 amide bonds. The second-order valence-corrected chi connectivity index (χ2v) is 4.98. The Bertz CT molecular complexity index is 700. The predicted molar refractivity (Wildman–Crippen MR) is 70.1 cm³/mol. The Labute approximate surface area is 96.9 Å². The van der Waals surface area contributed by atoms with Crippen molar-refractivity contribution in [2.75, 3.05) is 5.73 Å². The van der Waals surface area contributed by atoms with Crippen molar-refractivity contribution in [3.05, 3.63) is 35.9 Å². The minimum atomic E-state index is 0.319. The van der Waals surface area contributed by atoms with Gasteiger partial charge in [-0.25, -0.2) is 0 Å². The highest BCUT2D eigenvalue weighted by Gasteiger charge is 2.12. The highest BCUT2D eigenvalue weighted by Crippen LogP contribution is 2.43. The van der Waals surface area contributed by atoms with Crippen LogP contribution in [0.2, 0.25) is 0 Å². The van der Waals surface area contributed by atoms with E-state index in [1.54, 1.807) is 17.4 Å². The van der Waals surface area contributed by atoms with E-state index in [0.29, 0.717) is 5.75 Å². The zero-order valence-electron chi connectivity index (χ0n) is 8.82. The summed E-state index contributed by atoms with van der Waals surface area (Å²) in [5, 5.41) is 12.0. The Morgan fingerprint density at radius 2 is 2.00 bits per heavy atom. The number of benzene rings is 2. The molecule has 0 saturated carbocycles. The summed E-state index contributed by atoms with van der Waals surface area (Å²) >= 11 is 1.63. The molecule has 3 aromatic rings. The van der Waals surface area contributed by atoms with Gasteiger partial charge in [0, 0.05) is 15.5 Å². The maximum Gasteiger partial charge on any atom is 0.125 e. The number of nitrogen functional groups attached to an aromatic ring is 1. The normalized spacial score (nSPS) is 11.3. The first-order valence-electron chi connectivity index (χ1n) is 5.08. The van der Waals surface area contributed by atoms with Crippen LogP contribution in [-0.2, 0) is 0 Å². The summed E-state index contributed by atoms with van der Waals surface area (Å²) in [6, 6.07) is 9.77. The standard InChI is InChI=1S/C13H11NOS/c1-7-6-9(15)11-8-4-2-3-5-10(8)16-13(11)12(7)14/h2-6,15H,14H2,1H3. The van der Waals surface area contributed by atoms with E-state index in [2.05, 4.69) is 0 Å². The molecule has 0 atom stereocenters. The Morgan fingerprint density at radius 3 is 2.81 bits per heavy atom. The number of aryl methyl sites for hydroxylation is 1. The van der Waals surface area contributed by atoms with Gasteiger partial charge in [0.1, 0.15) is 5.75 Å². The lowest BCUT2D eigenvalue weighted by molar-refractivity contribution is 0.482. The number of hydrogen-bond donors (Lipinski definition) is 2. The molecule has 2 aromatic carbocycles. The third kappa shape index (κ3) is 1.12. The highest BCUT2D eigenvalue weighted by atomic mass is 32.1. The maximum atomic E-state index is 10.0. The molecule has 0 bridgehead atoms. The van der Waals surface area contributed by atoms with Crippen LogP contribution in [0.4, 0.5) is 5.69 Å². The molecule has 0 spiro atoms. The zero-order valence-corrected chi connectivity index (χ0v) is 9.64. The van der Waals surface area contributed by atoms with E-state index in [0.717, 1.165) is 31.4 Å². The van der Waals surface area contributed by atoms with Gasteiger partial charge in [0.05, 0.1) is 10.4 Å². The molecule has 0 aliphatic rings. The molecule has 0 aliphatic carbocycles. The minimum absolute atomic E-state index is 0.319. The van der Waals surface area contributed by atoms with Gasteiger partial charge in [-0.15, -0.1) is 11.3 Å². The molecule has 3 rings (SSSR count). The van der Waals surface area contributed by atoms with Gasteiger partial charge in [0.25, 0.3) is 0 Å². The number of nitrogens with two attached hydrogens (primary N) is 1. The Balaban J connectivity index is 2.64. The summed E-state index contributed by atoms with van der Waals surface area (Å²) in [7, 11) is 0. The lowest BCUT2D eigenvalue weighted by Gasteiger charge is -2.03. The van der Waals surface area contributed by atoms with Crippen LogP contribution in [0.3, 0.4) is 0 Å². The van der Waals surface area contributed by atoms with E-state index in [-0.39, 0.29) is 0 Å². The van der Waals surface area contributed by atoms with Gasteiger partial charge < -0.3 is 10.8 Å². The first-order chi connectivity index (χ1) is 7.68. The lowest BCUT2D eigenvalue weighted by Crippen LogP contribution is -1.88. The van der Waals surface area contributed by atoms with E-state index in [1.807, 2.05) is 31.2 Å². The van der Waals surface area contributed by atoms with Crippen LogP contribution in [0.25, 0.3) is 20.2 Å². The number of thiophene rings is 1. The lowest BCUT2D eigenvalue weighted by atomic mass is 10.1. The van der Waals surface area contributed by atoms with Gasteiger partial charge in [-0.1, -0.05) is 18.2 Å². The fraction of sp³-hybridized carbons (Fsp3) is 0.0769. The maximum absolute atomic E-state index is 10.0. The number of rotatable bonds is 0. The molecular weight excluding hydrogens is 218 g/mol. The molecule has 0 aliphatic heterocycles. The van der Waals surface area contributed by atoms with Crippen LogP contribution in [0.5, 0.6) is 5.75 Å². The number of aromatic hydroxyl groups is 1. The molecule has 0 fully saturated rings. The van der Waals surface area contributed by atoms with E-state index in [1.165, 1.54) is 0 Å². The molecule has 3 N–H and O–H groups in total. The van der Waals surface area contributed by atoms with Gasteiger partial charge in [-0.05, 0) is 24.6 Å². The second-order valence-electron chi connectivity index (χ2n) is 3.93. The summed E-state index contributed by atoms with van der Waals surface area (Å²) in [4.78, 5) is 0. The molecule has 2 nitrogen and oxygen atoms in total. The summed E-state index contributed by atoms with van der Waals surface area (Å²) in [6.45, 7) is 1.92. The van der Waals surface area contributed by atoms with Crippen molar-refractivity contribution in [2.45, 2.75) is 6.92 Å². The van der Waals surface area contributed by atoms with E-state index in [4.69, 9.17) is 5.73 Å². The fourth-order valence-corrected chi connectivity index (χ4v) is 3.26. The van der Waals surface area contributed by atoms with Crippen LogP contribution < -0.4 is 5.73 Å². The Hall–Kier alpha value is -1.74. The van der Waals surface area contributed by atoms with Crippen molar-refractivity contribution in [2.24, 2.45) is 0 Å². The van der Waals surface area contributed by atoms with Gasteiger partial charge in [0.2, 0.25) is 0 Å². The fourth-order valence-electron chi connectivity index (χ4n) is 2.02. The Morgan fingerprint density at radius 1 is 1.25 bits per heavy atom. The smallest absolute Gasteiger partial charge is 0.125 e. The third-order valence-electron chi connectivity index (χ3n) is 2.87. The Kier molecular flexibility index (Phi) is 1.85. The third-order valence-corrected chi connectivity index (χ3v) is 4.08. The molecule has 0 radical (unpaired) electrons. The van der Waals surface area contributed by atoms with Gasteiger partial charge in [0.15, 0.2) is 0 Å². The molecule has 80 valence electrons. The SMILES string of the molecule is Cc1cc(O)c2c(sc3ccccc32)c1N. The van der Waals surface area contributed by atoms with Crippen molar-refractivity contribution in [1.82, 2.24) is 0 Å². The molecule has 0 unspecified atom stereocenters. The van der Waals surface area contributed by atoms with E-state index >= 15 is 0 Å². The molecule has 16 heavy (non-hydrogen) atoms. The molecule has 1 heterocycles. The van der Waals surface area contributed by atoms with Crippen LogP contribution in [0.1, 0.15) is 5.56 Å². The first kappa shape index (κ1) is 9.48. The number of anilines is 1. The monoisotopic (exact) mass is 229 g/mol. The average molecular weight is 229 g/mol. The van der Waals surface area contributed by atoms with Crippen molar-refractivity contribution < 1.29 is 5.11 Å². The average Bonchev–Trinajstić information content (AvgIpc) is 2.65. The van der Waals surface area contributed by atoms with Crippen molar-refractivity contribution in [3.8, 4) is 5.75 Å². The predicted octanol–water partition coefficient (Wildman–Crippen LogP) is 3.65. The molecular formula is C13H11NOS. The van der Waals surface area contributed by atoms with Crippen LogP contribution in [0.15, 0.2) is 30.3 Å². The zero-order chi connectivity index (χ0) is 11.3. The summed E-state index contributed by atoms with van der Waals surface area (Å²) < 4.78 is 2.14. The first-order valence-corrected chi connectivity index (χ1v) is 5.89. The quantitative estimate of drug-likeness (QED) is 0.456. The largest absolute Gasteiger partial charge is 0.507 e. The van der Waals surface area contributed by atoms with Crippen LogP contribution >= 0.6 is 11.3 Å². The number of phenolic OH excluding ortho intramolecular Hbond substituents is 1. The molecule has 0 saturated heterocycles. The van der Waals surface area contributed by atoms with Gasteiger partial charge in [-0.3, -0.25) is 0 Å². The van der Waals surface area contributed by atoms with Crippen molar-refractivity contribution in [1.29, 1.82) is 0 Å².